The van der Waals surface area contributed by atoms with Crippen LogP contribution in [0.4, 0.5) is 0 Å². The third kappa shape index (κ3) is 5.64. The molecule has 1 N–H and O–H groups in total. The Bertz CT molecular complexity index is 273. The van der Waals surface area contributed by atoms with Crippen molar-refractivity contribution in [2.45, 2.75) is 33.1 Å². The van der Waals surface area contributed by atoms with Gasteiger partial charge in [-0.2, -0.15) is 0 Å². The second-order valence-corrected chi connectivity index (χ2v) is 5.09. The van der Waals surface area contributed by atoms with Crippen LogP contribution in [0.5, 0.6) is 0 Å². The highest BCUT2D eigenvalue weighted by Gasteiger charge is 1.98. The maximum atomic E-state index is 5.57. The molecule has 0 amide bonds. The van der Waals surface area contributed by atoms with Gasteiger partial charge in [-0.1, -0.05) is 13.8 Å². The lowest BCUT2D eigenvalue weighted by Gasteiger charge is -2.04. The number of thiophene rings is 1. The number of rotatable bonds is 9. The van der Waals surface area contributed by atoms with Gasteiger partial charge in [0, 0.05) is 22.7 Å². The minimum absolute atomic E-state index is 0.825. The molecule has 0 atom stereocenters. The van der Waals surface area contributed by atoms with E-state index < -0.39 is 0 Å². The van der Waals surface area contributed by atoms with Crippen molar-refractivity contribution >= 4 is 11.3 Å². The third-order valence-corrected chi connectivity index (χ3v) is 3.70. The van der Waals surface area contributed by atoms with Crippen molar-refractivity contribution in [1.29, 1.82) is 0 Å². The number of aryl methyl sites for hydroxylation is 1. The maximum absolute atomic E-state index is 5.57. The molecule has 3 heteroatoms. The summed E-state index contributed by atoms with van der Waals surface area (Å²) < 4.78 is 5.57. The minimum Gasteiger partial charge on any atom is -0.380 e. The van der Waals surface area contributed by atoms with E-state index in [4.69, 9.17) is 4.74 Å². The minimum atomic E-state index is 0.825. The Kier molecular flexibility index (Phi) is 7.47. The third-order valence-electron chi connectivity index (χ3n) is 2.41. The summed E-state index contributed by atoms with van der Waals surface area (Å²) in [5, 5.41) is 3.32. The Morgan fingerprint density at radius 2 is 1.94 bits per heavy atom. The zero-order chi connectivity index (χ0) is 11.6. The molecule has 2 nitrogen and oxygen atoms in total. The van der Waals surface area contributed by atoms with E-state index in [1.54, 1.807) is 0 Å². The van der Waals surface area contributed by atoms with Crippen molar-refractivity contribution in [3.05, 3.63) is 21.9 Å². The lowest BCUT2D eigenvalue weighted by Crippen LogP contribution is -2.20. The van der Waals surface area contributed by atoms with Gasteiger partial charge in [0.25, 0.3) is 0 Å². The molecular formula is C13H23NOS. The van der Waals surface area contributed by atoms with Gasteiger partial charge in [-0.05, 0) is 31.5 Å². The van der Waals surface area contributed by atoms with Gasteiger partial charge in [0.2, 0.25) is 0 Å². The van der Waals surface area contributed by atoms with Crippen LogP contribution < -0.4 is 5.32 Å². The summed E-state index contributed by atoms with van der Waals surface area (Å²) in [5.74, 6) is 0. The summed E-state index contributed by atoms with van der Waals surface area (Å²) >= 11 is 1.91. The summed E-state index contributed by atoms with van der Waals surface area (Å²) in [4.78, 5) is 2.91. The molecule has 1 aromatic heterocycles. The molecule has 0 bridgehead atoms. The van der Waals surface area contributed by atoms with E-state index >= 15 is 0 Å². The Morgan fingerprint density at radius 1 is 1.12 bits per heavy atom. The molecule has 0 radical (unpaired) electrons. The summed E-state index contributed by atoms with van der Waals surface area (Å²) in [7, 11) is 0. The number of ether oxygens (including phenoxy) is 1. The quantitative estimate of drug-likeness (QED) is 0.671. The molecule has 16 heavy (non-hydrogen) atoms. The van der Waals surface area contributed by atoms with Gasteiger partial charge in [-0.3, -0.25) is 0 Å². The van der Waals surface area contributed by atoms with Crippen molar-refractivity contribution in [3.8, 4) is 0 Å². The van der Waals surface area contributed by atoms with Gasteiger partial charge < -0.3 is 10.1 Å². The summed E-state index contributed by atoms with van der Waals surface area (Å²) in [5.41, 5.74) is 0. The van der Waals surface area contributed by atoms with Crippen LogP contribution >= 0.6 is 11.3 Å². The van der Waals surface area contributed by atoms with Crippen molar-refractivity contribution in [1.82, 2.24) is 5.32 Å². The van der Waals surface area contributed by atoms with Gasteiger partial charge in [0.1, 0.15) is 0 Å². The molecule has 0 fully saturated rings. The second kappa shape index (κ2) is 8.74. The highest BCUT2D eigenvalue weighted by molar-refractivity contribution is 7.11. The highest BCUT2D eigenvalue weighted by Crippen LogP contribution is 2.17. The first-order chi connectivity index (χ1) is 7.86. The first-order valence-electron chi connectivity index (χ1n) is 6.22. The summed E-state index contributed by atoms with van der Waals surface area (Å²) in [6.07, 6.45) is 3.39. The molecule has 92 valence electrons. The highest BCUT2D eigenvalue weighted by atomic mass is 32.1. The number of nitrogens with one attached hydrogen (secondary N) is 1. The van der Waals surface area contributed by atoms with Gasteiger partial charge >= 0.3 is 0 Å². The fourth-order valence-corrected chi connectivity index (χ4v) is 2.41. The van der Waals surface area contributed by atoms with E-state index in [2.05, 4.69) is 31.3 Å². The average molecular weight is 241 g/mol. The smallest absolute Gasteiger partial charge is 0.0591 e. The molecule has 0 saturated carbocycles. The first-order valence-corrected chi connectivity index (χ1v) is 7.04. The van der Waals surface area contributed by atoms with Crippen LogP contribution in [0.2, 0.25) is 0 Å². The van der Waals surface area contributed by atoms with E-state index in [1.807, 2.05) is 11.3 Å². The van der Waals surface area contributed by atoms with Crippen molar-refractivity contribution < 1.29 is 4.74 Å². The van der Waals surface area contributed by atoms with Crippen molar-refractivity contribution in [3.63, 3.8) is 0 Å². The van der Waals surface area contributed by atoms with Crippen molar-refractivity contribution in [2.24, 2.45) is 0 Å². The second-order valence-electron chi connectivity index (χ2n) is 3.83. The number of hydrogen-bond acceptors (Lipinski definition) is 3. The van der Waals surface area contributed by atoms with Crippen LogP contribution in [0.25, 0.3) is 0 Å². The summed E-state index contributed by atoms with van der Waals surface area (Å²) in [6, 6.07) is 4.45. The van der Waals surface area contributed by atoms with Gasteiger partial charge in [0.15, 0.2) is 0 Å². The first kappa shape index (κ1) is 13.7. The van der Waals surface area contributed by atoms with Gasteiger partial charge in [-0.25, -0.2) is 0 Å². The lowest BCUT2D eigenvalue weighted by atomic mass is 10.3. The van der Waals surface area contributed by atoms with Crippen LogP contribution in [0.1, 0.15) is 30.0 Å². The molecule has 0 spiro atoms. The van der Waals surface area contributed by atoms with E-state index in [9.17, 15) is 0 Å². The van der Waals surface area contributed by atoms with E-state index in [0.717, 1.165) is 39.1 Å². The van der Waals surface area contributed by atoms with Crippen LogP contribution in [0, 0.1) is 0 Å². The topological polar surface area (TPSA) is 21.3 Å². The molecule has 0 unspecified atom stereocenters. The van der Waals surface area contributed by atoms with E-state index in [-0.39, 0.29) is 0 Å². The Hall–Kier alpha value is -0.380. The average Bonchev–Trinajstić information content (AvgIpc) is 2.76. The monoisotopic (exact) mass is 241 g/mol. The van der Waals surface area contributed by atoms with Crippen LogP contribution in [0.3, 0.4) is 0 Å². The molecule has 1 heterocycles. The molecule has 0 aliphatic carbocycles. The molecule has 0 saturated heterocycles. The molecule has 1 aromatic rings. The number of hydrogen-bond donors (Lipinski definition) is 1. The normalized spacial score (nSPS) is 10.9. The largest absolute Gasteiger partial charge is 0.380 e. The van der Waals surface area contributed by atoms with E-state index in [0.29, 0.717) is 0 Å². The molecular weight excluding hydrogens is 218 g/mol. The Balaban J connectivity index is 1.98. The maximum Gasteiger partial charge on any atom is 0.0591 e. The molecule has 0 aliphatic rings. The predicted octanol–water partition coefficient (Wildman–Crippen LogP) is 2.87. The van der Waals surface area contributed by atoms with Crippen LogP contribution in [-0.2, 0) is 17.6 Å². The Labute approximate surface area is 103 Å². The van der Waals surface area contributed by atoms with Crippen LogP contribution in [0.15, 0.2) is 12.1 Å². The standard InChI is InChI=1S/C13H23NOS/c1-3-8-14-9-11-15-10-7-13-6-5-12(4-2)16-13/h5-6,14H,3-4,7-11H2,1-2H3. The molecule has 0 aromatic carbocycles. The summed E-state index contributed by atoms with van der Waals surface area (Å²) in [6.45, 7) is 8.11. The van der Waals surface area contributed by atoms with Gasteiger partial charge in [0.05, 0.1) is 13.2 Å². The zero-order valence-corrected chi connectivity index (χ0v) is 11.2. The lowest BCUT2D eigenvalue weighted by molar-refractivity contribution is 0.139. The fourth-order valence-electron chi connectivity index (χ4n) is 1.47. The van der Waals surface area contributed by atoms with Gasteiger partial charge in [-0.15, -0.1) is 11.3 Å². The molecule has 0 aliphatic heterocycles. The van der Waals surface area contributed by atoms with Crippen LogP contribution in [-0.4, -0.2) is 26.3 Å². The predicted molar refractivity (Wildman–Crippen MR) is 71.4 cm³/mol. The Morgan fingerprint density at radius 3 is 2.62 bits per heavy atom. The zero-order valence-electron chi connectivity index (χ0n) is 10.4. The van der Waals surface area contributed by atoms with E-state index in [1.165, 1.54) is 16.2 Å². The van der Waals surface area contributed by atoms with Crippen molar-refractivity contribution in [2.75, 3.05) is 26.3 Å². The molecule has 1 rings (SSSR count). The fraction of sp³-hybridized carbons (Fsp3) is 0.692. The SMILES string of the molecule is CCCNCCOCCc1ccc(CC)s1.